The lowest BCUT2D eigenvalue weighted by atomic mass is 10.1. The third-order valence-corrected chi connectivity index (χ3v) is 5.86. The van der Waals surface area contributed by atoms with Gasteiger partial charge in [-0.15, -0.1) is 0 Å². The van der Waals surface area contributed by atoms with E-state index in [0.29, 0.717) is 6.54 Å². The molecule has 9 heteroatoms. The minimum atomic E-state index is -0.726. The molecule has 200 valence electrons. The SMILES string of the molecule is CC(C)CN(NC(=O)OCc1ccccc1)C(=O)CN(Cc1ccccc1)NC(=O)Cc1cccc(Br)c1. The van der Waals surface area contributed by atoms with Gasteiger partial charge in [-0.3, -0.25) is 15.0 Å². The van der Waals surface area contributed by atoms with Gasteiger partial charge in [0.05, 0.1) is 13.0 Å². The van der Waals surface area contributed by atoms with Crippen LogP contribution in [0.2, 0.25) is 0 Å². The zero-order chi connectivity index (χ0) is 27.3. The average molecular weight is 582 g/mol. The highest BCUT2D eigenvalue weighted by atomic mass is 79.9. The second kappa shape index (κ2) is 14.9. The van der Waals surface area contributed by atoms with Gasteiger partial charge in [-0.05, 0) is 34.7 Å². The molecule has 3 amide bonds. The first-order valence-corrected chi connectivity index (χ1v) is 13.2. The summed E-state index contributed by atoms with van der Waals surface area (Å²) in [4.78, 5) is 38.7. The van der Waals surface area contributed by atoms with E-state index >= 15 is 0 Å². The zero-order valence-corrected chi connectivity index (χ0v) is 23.2. The molecule has 38 heavy (non-hydrogen) atoms. The fraction of sp³-hybridized carbons (Fsp3) is 0.276. The van der Waals surface area contributed by atoms with Crippen LogP contribution in [0.3, 0.4) is 0 Å². The van der Waals surface area contributed by atoms with Gasteiger partial charge in [-0.25, -0.2) is 20.2 Å². The van der Waals surface area contributed by atoms with E-state index in [-0.39, 0.29) is 43.8 Å². The number of carbonyl (C=O) groups is 3. The molecule has 0 saturated heterocycles. The lowest BCUT2D eigenvalue weighted by molar-refractivity contribution is -0.138. The molecule has 0 aliphatic rings. The van der Waals surface area contributed by atoms with Crippen LogP contribution in [0.1, 0.15) is 30.5 Å². The molecule has 3 aromatic carbocycles. The van der Waals surface area contributed by atoms with Crippen LogP contribution in [-0.4, -0.2) is 41.0 Å². The van der Waals surface area contributed by atoms with Crippen LogP contribution >= 0.6 is 15.9 Å². The summed E-state index contributed by atoms with van der Waals surface area (Å²) in [7, 11) is 0. The minimum Gasteiger partial charge on any atom is -0.443 e. The standard InChI is InChI=1S/C29H33BrN4O4/c1-22(2)18-34(32-29(37)38-21-24-12-7-4-8-13-24)28(36)20-33(19-23-10-5-3-6-11-23)31-27(35)17-25-14-9-15-26(30)16-25/h3-16,22H,17-21H2,1-2H3,(H,31,35)(H,32,37). The number of rotatable bonds is 11. The molecular weight excluding hydrogens is 548 g/mol. The molecule has 0 saturated carbocycles. The number of nitrogens with one attached hydrogen (secondary N) is 2. The first-order chi connectivity index (χ1) is 18.3. The number of ether oxygens (including phenoxy) is 1. The van der Waals surface area contributed by atoms with Crippen molar-refractivity contribution in [1.82, 2.24) is 20.9 Å². The molecule has 0 bridgehead atoms. The summed E-state index contributed by atoms with van der Waals surface area (Å²) in [5.41, 5.74) is 8.03. The third-order valence-electron chi connectivity index (χ3n) is 5.37. The predicted molar refractivity (Wildman–Crippen MR) is 149 cm³/mol. The van der Waals surface area contributed by atoms with E-state index in [4.69, 9.17) is 4.74 Å². The first-order valence-electron chi connectivity index (χ1n) is 12.4. The maximum atomic E-state index is 13.3. The highest BCUT2D eigenvalue weighted by molar-refractivity contribution is 9.10. The van der Waals surface area contributed by atoms with Crippen molar-refractivity contribution in [2.45, 2.75) is 33.4 Å². The molecule has 3 aromatic rings. The molecule has 0 spiro atoms. The van der Waals surface area contributed by atoms with E-state index in [2.05, 4.69) is 26.8 Å². The highest BCUT2D eigenvalue weighted by Crippen LogP contribution is 2.12. The molecule has 0 unspecified atom stereocenters. The number of benzene rings is 3. The van der Waals surface area contributed by atoms with E-state index in [1.807, 2.05) is 98.8 Å². The molecule has 0 aliphatic heterocycles. The Hall–Kier alpha value is -3.69. The third kappa shape index (κ3) is 10.4. The number of amides is 3. The number of hydrazine groups is 2. The van der Waals surface area contributed by atoms with Crippen LogP contribution in [0.25, 0.3) is 0 Å². The van der Waals surface area contributed by atoms with Crippen molar-refractivity contribution in [1.29, 1.82) is 0 Å². The topological polar surface area (TPSA) is 91.0 Å². The van der Waals surface area contributed by atoms with E-state index < -0.39 is 6.09 Å². The molecule has 0 aromatic heterocycles. The van der Waals surface area contributed by atoms with Gasteiger partial charge in [0, 0.05) is 17.6 Å². The highest BCUT2D eigenvalue weighted by Gasteiger charge is 2.22. The monoisotopic (exact) mass is 580 g/mol. The van der Waals surface area contributed by atoms with Crippen LogP contribution in [0.4, 0.5) is 4.79 Å². The van der Waals surface area contributed by atoms with Gasteiger partial charge in [0.1, 0.15) is 6.61 Å². The molecule has 2 N–H and O–H groups in total. The first kappa shape index (κ1) is 28.9. The Labute approximate surface area is 232 Å². The van der Waals surface area contributed by atoms with Crippen molar-refractivity contribution >= 4 is 33.8 Å². The Morgan fingerprint density at radius 3 is 2.11 bits per heavy atom. The zero-order valence-electron chi connectivity index (χ0n) is 21.6. The number of nitrogens with zero attached hydrogens (tertiary/aromatic N) is 2. The Morgan fingerprint density at radius 1 is 0.842 bits per heavy atom. The van der Waals surface area contributed by atoms with Gasteiger partial charge in [0.25, 0.3) is 5.91 Å². The Kier molecular flexibility index (Phi) is 11.3. The van der Waals surface area contributed by atoms with Gasteiger partial charge in [-0.2, -0.15) is 0 Å². The maximum Gasteiger partial charge on any atom is 0.426 e. The summed E-state index contributed by atoms with van der Waals surface area (Å²) >= 11 is 3.42. The van der Waals surface area contributed by atoms with Gasteiger partial charge >= 0.3 is 6.09 Å². The van der Waals surface area contributed by atoms with E-state index in [1.165, 1.54) is 5.01 Å². The fourth-order valence-electron chi connectivity index (χ4n) is 3.68. The van der Waals surface area contributed by atoms with E-state index in [0.717, 1.165) is 21.2 Å². The summed E-state index contributed by atoms with van der Waals surface area (Å²) in [5, 5.41) is 2.80. The van der Waals surface area contributed by atoms with Gasteiger partial charge < -0.3 is 4.74 Å². The van der Waals surface area contributed by atoms with Crippen molar-refractivity contribution in [3.63, 3.8) is 0 Å². The van der Waals surface area contributed by atoms with Crippen molar-refractivity contribution in [2.75, 3.05) is 13.1 Å². The molecule has 0 aliphatic carbocycles. The summed E-state index contributed by atoms with van der Waals surface area (Å²) in [5.74, 6) is -0.548. The van der Waals surface area contributed by atoms with Crippen LogP contribution in [0, 0.1) is 5.92 Å². The number of hydrogen-bond acceptors (Lipinski definition) is 5. The van der Waals surface area contributed by atoms with E-state index in [1.54, 1.807) is 5.01 Å². The smallest absolute Gasteiger partial charge is 0.426 e. The lowest BCUT2D eigenvalue weighted by Gasteiger charge is -2.29. The predicted octanol–water partition coefficient (Wildman–Crippen LogP) is 4.85. The van der Waals surface area contributed by atoms with Crippen molar-refractivity contribution in [2.24, 2.45) is 5.92 Å². The maximum absolute atomic E-state index is 13.3. The molecular formula is C29H33BrN4O4. The van der Waals surface area contributed by atoms with Crippen LogP contribution in [0.15, 0.2) is 89.4 Å². The molecule has 3 rings (SSSR count). The fourth-order valence-corrected chi connectivity index (χ4v) is 4.12. The van der Waals surface area contributed by atoms with Crippen LogP contribution < -0.4 is 10.9 Å². The number of carbonyl (C=O) groups excluding carboxylic acids is 3. The van der Waals surface area contributed by atoms with Gasteiger partial charge in [0.15, 0.2) is 0 Å². The Morgan fingerprint density at radius 2 is 1.47 bits per heavy atom. The van der Waals surface area contributed by atoms with E-state index in [9.17, 15) is 14.4 Å². The van der Waals surface area contributed by atoms with Crippen molar-refractivity contribution < 1.29 is 19.1 Å². The lowest BCUT2D eigenvalue weighted by Crippen LogP contribution is -2.54. The molecule has 0 atom stereocenters. The number of halogens is 1. The number of hydrogen-bond donors (Lipinski definition) is 2. The summed E-state index contributed by atoms with van der Waals surface area (Å²) in [6, 6.07) is 26.3. The second-order valence-corrected chi connectivity index (χ2v) is 10.2. The minimum absolute atomic E-state index is 0.0852. The van der Waals surface area contributed by atoms with Crippen molar-refractivity contribution in [3.8, 4) is 0 Å². The normalized spacial score (nSPS) is 10.8. The van der Waals surface area contributed by atoms with Gasteiger partial charge in [-0.1, -0.05) is 103 Å². The summed E-state index contributed by atoms with van der Waals surface area (Å²) < 4.78 is 6.18. The largest absolute Gasteiger partial charge is 0.443 e. The Balaban J connectivity index is 1.66. The molecule has 8 nitrogen and oxygen atoms in total. The summed E-state index contributed by atoms with van der Waals surface area (Å²) in [6.07, 6.45) is -0.574. The molecule has 0 fully saturated rings. The Bertz CT molecular complexity index is 1190. The van der Waals surface area contributed by atoms with Crippen molar-refractivity contribution in [3.05, 3.63) is 106 Å². The molecule has 0 heterocycles. The molecule has 0 radical (unpaired) electrons. The summed E-state index contributed by atoms with van der Waals surface area (Å²) in [6.45, 7) is 4.42. The van der Waals surface area contributed by atoms with Crippen LogP contribution in [-0.2, 0) is 33.9 Å². The second-order valence-electron chi connectivity index (χ2n) is 9.26. The van der Waals surface area contributed by atoms with Gasteiger partial charge in [0.2, 0.25) is 5.91 Å². The average Bonchev–Trinajstić information content (AvgIpc) is 2.88. The quantitative estimate of drug-likeness (QED) is 0.316. The van der Waals surface area contributed by atoms with Crippen LogP contribution in [0.5, 0.6) is 0 Å².